The largest absolute Gasteiger partial charge is 0.364 e. The SMILES string of the molecule is CC(C)(C)C(=O)N(C(=O)C(C)(C)C)c1c(C(N)=O)nnn1Cc1cc(Cl)c(C(=O)c2ccc(Cl)cc2)c(Cl)c1. The van der Waals surface area contributed by atoms with Gasteiger partial charge < -0.3 is 5.73 Å². The molecule has 3 aromatic rings. The molecule has 0 aliphatic rings. The van der Waals surface area contributed by atoms with E-state index in [0.717, 1.165) is 4.90 Å². The van der Waals surface area contributed by atoms with E-state index in [4.69, 9.17) is 40.5 Å². The Labute approximate surface area is 241 Å². The lowest BCUT2D eigenvalue weighted by atomic mass is 9.90. The number of hydrogen-bond acceptors (Lipinski definition) is 6. The monoisotopic (exact) mass is 591 g/mol. The first-order valence-corrected chi connectivity index (χ1v) is 13.0. The number of carbonyl (C=O) groups excluding carboxylic acids is 4. The number of anilines is 1. The highest BCUT2D eigenvalue weighted by molar-refractivity contribution is 6.41. The molecule has 0 aliphatic heterocycles. The molecule has 39 heavy (non-hydrogen) atoms. The number of rotatable bonds is 6. The fraction of sp³-hybridized carbons (Fsp3) is 0.333. The first kappa shape index (κ1) is 30.3. The van der Waals surface area contributed by atoms with Gasteiger partial charge in [-0.3, -0.25) is 19.2 Å². The number of ketones is 1. The highest BCUT2D eigenvalue weighted by Crippen LogP contribution is 2.33. The van der Waals surface area contributed by atoms with E-state index in [1.54, 1.807) is 65.8 Å². The minimum absolute atomic E-state index is 0.0719. The van der Waals surface area contributed by atoms with Crippen molar-refractivity contribution in [1.82, 2.24) is 15.0 Å². The average Bonchev–Trinajstić information content (AvgIpc) is 3.21. The average molecular weight is 593 g/mol. The number of nitrogens with zero attached hydrogens (tertiary/aromatic N) is 4. The van der Waals surface area contributed by atoms with Gasteiger partial charge in [-0.25, -0.2) is 9.58 Å². The predicted octanol–water partition coefficient (Wildman–Crippen LogP) is 5.57. The molecule has 9 nitrogen and oxygen atoms in total. The molecule has 0 radical (unpaired) electrons. The highest BCUT2D eigenvalue weighted by Gasteiger charge is 2.41. The standard InChI is InChI=1S/C27H28Cl3N5O4/c1-26(2,3)24(38)35(25(39)27(4,5)6)23-20(22(31)37)32-33-34(23)13-14-11-17(29)19(18(30)12-14)21(36)15-7-9-16(28)10-8-15/h7-12H,13H2,1-6H3,(H2,31,37). The summed E-state index contributed by atoms with van der Waals surface area (Å²) < 4.78 is 1.20. The summed E-state index contributed by atoms with van der Waals surface area (Å²) in [6.45, 7) is 9.77. The molecule has 3 amide bonds. The molecule has 206 valence electrons. The lowest BCUT2D eigenvalue weighted by Crippen LogP contribution is -2.50. The molecule has 12 heteroatoms. The molecule has 0 saturated heterocycles. The van der Waals surface area contributed by atoms with Gasteiger partial charge in [-0.15, -0.1) is 5.10 Å². The van der Waals surface area contributed by atoms with Gasteiger partial charge in [0.05, 0.1) is 22.2 Å². The Morgan fingerprint density at radius 1 is 0.872 bits per heavy atom. The second-order valence-corrected chi connectivity index (χ2v) is 12.3. The van der Waals surface area contributed by atoms with Crippen molar-refractivity contribution < 1.29 is 19.2 Å². The summed E-state index contributed by atoms with van der Waals surface area (Å²) in [6, 6.07) is 9.30. The maximum Gasteiger partial charge on any atom is 0.273 e. The topological polar surface area (TPSA) is 128 Å². The van der Waals surface area contributed by atoms with Crippen LogP contribution in [0.25, 0.3) is 0 Å². The molecule has 2 aromatic carbocycles. The van der Waals surface area contributed by atoms with Gasteiger partial charge in [0.25, 0.3) is 5.91 Å². The zero-order valence-corrected chi connectivity index (χ0v) is 24.6. The van der Waals surface area contributed by atoms with E-state index in [1.165, 1.54) is 16.8 Å². The van der Waals surface area contributed by atoms with Crippen molar-refractivity contribution >= 4 is 64.1 Å². The molecule has 1 aromatic heterocycles. The van der Waals surface area contributed by atoms with Gasteiger partial charge in [0.15, 0.2) is 17.3 Å². The number of carbonyl (C=O) groups is 4. The summed E-state index contributed by atoms with van der Waals surface area (Å²) in [5, 5.41) is 8.49. The number of primary amides is 1. The van der Waals surface area contributed by atoms with Gasteiger partial charge >= 0.3 is 0 Å². The number of imide groups is 1. The van der Waals surface area contributed by atoms with Gasteiger partial charge in [-0.05, 0) is 42.0 Å². The van der Waals surface area contributed by atoms with Gasteiger partial charge in [0.2, 0.25) is 11.8 Å². The Balaban J connectivity index is 2.12. The third kappa shape index (κ3) is 6.49. The molecular formula is C27H28Cl3N5O4. The lowest BCUT2D eigenvalue weighted by Gasteiger charge is -2.32. The number of aromatic nitrogens is 3. The quantitative estimate of drug-likeness (QED) is 0.373. The second-order valence-electron chi connectivity index (χ2n) is 11.0. The Kier molecular flexibility index (Phi) is 8.60. The Morgan fingerprint density at radius 3 is 1.79 bits per heavy atom. The van der Waals surface area contributed by atoms with Gasteiger partial charge in [0.1, 0.15) is 0 Å². The fourth-order valence-electron chi connectivity index (χ4n) is 3.60. The predicted molar refractivity (Wildman–Crippen MR) is 150 cm³/mol. The molecule has 0 aliphatic carbocycles. The summed E-state index contributed by atoms with van der Waals surface area (Å²) in [5.74, 6) is -2.69. The van der Waals surface area contributed by atoms with E-state index in [0.29, 0.717) is 16.1 Å². The van der Waals surface area contributed by atoms with E-state index < -0.39 is 34.3 Å². The molecule has 0 saturated carbocycles. The van der Waals surface area contributed by atoms with Crippen LogP contribution in [0.5, 0.6) is 0 Å². The Hall–Kier alpha value is -3.27. The molecule has 0 spiro atoms. The summed E-state index contributed by atoms with van der Waals surface area (Å²) in [5.41, 5.74) is 4.10. The van der Waals surface area contributed by atoms with Crippen molar-refractivity contribution in [3.63, 3.8) is 0 Å². The van der Waals surface area contributed by atoms with Crippen LogP contribution in [-0.4, -0.2) is 38.5 Å². The first-order chi connectivity index (χ1) is 17.9. The van der Waals surface area contributed by atoms with Crippen LogP contribution in [0.2, 0.25) is 15.1 Å². The van der Waals surface area contributed by atoms with Gasteiger partial charge in [0, 0.05) is 21.4 Å². The first-order valence-electron chi connectivity index (χ1n) is 11.8. The summed E-state index contributed by atoms with van der Waals surface area (Å²) in [7, 11) is 0. The van der Waals surface area contributed by atoms with Crippen LogP contribution in [0, 0.1) is 10.8 Å². The molecular weight excluding hydrogens is 565 g/mol. The van der Waals surface area contributed by atoms with E-state index in [2.05, 4.69) is 10.3 Å². The zero-order valence-electron chi connectivity index (χ0n) is 22.3. The lowest BCUT2D eigenvalue weighted by molar-refractivity contribution is -0.134. The Bertz CT molecular complexity index is 1420. The summed E-state index contributed by atoms with van der Waals surface area (Å²) >= 11 is 18.9. The molecule has 0 bridgehead atoms. The molecule has 0 unspecified atom stereocenters. The van der Waals surface area contributed by atoms with Crippen molar-refractivity contribution in [1.29, 1.82) is 0 Å². The van der Waals surface area contributed by atoms with Crippen molar-refractivity contribution in [3.8, 4) is 0 Å². The minimum atomic E-state index is -0.999. The second kappa shape index (κ2) is 11.1. The van der Waals surface area contributed by atoms with Crippen molar-refractivity contribution in [3.05, 3.63) is 73.9 Å². The highest BCUT2D eigenvalue weighted by atomic mass is 35.5. The molecule has 1 heterocycles. The summed E-state index contributed by atoms with van der Waals surface area (Å²) in [6.07, 6.45) is 0. The van der Waals surface area contributed by atoms with Gasteiger partial charge in [-0.2, -0.15) is 0 Å². The Morgan fingerprint density at radius 2 is 1.36 bits per heavy atom. The number of benzene rings is 2. The van der Waals surface area contributed by atoms with E-state index in [1.807, 2.05) is 0 Å². The van der Waals surface area contributed by atoms with Crippen LogP contribution >= 0.6 is 34.8 Å². The van der Waals surface area contributed by atoms with Crippen molar-refractivity contribution in [2.75, 3.05) is 4.90 Å². The van der Waals surface area contributed by atoms with Crippen LogP contribution in [0.1, 0.15) is 73.5 Å². The van der Waals surface area contributed by atoms with Crippen molar-refractivity contribution in [2.24, 2.45) is 16.6 Å². The number of amides is 3. The van der Waals surface area contributed by atoms with Crippen LogP contribution in [0.4, 0.5) is 5.82 Å². The maximum atomic E-state index is 13.5. The van der Waals surface area contributed by atoms with E-state index >= 15 is 0 Å². The van der Waals surface area contributed by atoms with Crippen LogP contribution in [0.15, 0.2) is 36.4 Å². The minimum Gasteiger partial charge on any atom is -0.364 e. The zero-order chi connectivity index (χ0) is 29.4. The number of halogens is 3. The molecule has 0 atom stereocenters. The van der Waals surface area contributed by atoms with E-state index in [-0.39, 0.29) is 33.7 Å². The van der Waals surface area contributed by atoms with Crippen LogP contribution < -0.4 is 10.6 Å². The molecule has 2 N–H and O–H groups in total. The van der Waals surface area contributed by atoms with Crippen LogP contribution in [-0.2, 0) is 16.1 Å². The smallest absolute Gasteiger partial charge is 0.273 e. The van der Waals surface area contributed by atoms with E-state index in [9.17, 15) is 19.2 Å². The molecule has 3 rings (SSSR count). The number of nitrogens with two attached hydrogens (primary N) is 1. The van der Waals surface area contributed by atoms with Crippen LogP contribution in [0.3, 0.4) is 0 Å². The third-order valence-corrected chi connectivity index (χ3v) is 6.46. The summed E-state index contributed by atoms with van der Waals surface area (Å²) in [4.78, 5) is 53.3. The fourth-order valence-corrected chi connectivity index (χ4v) is 4.43. The molecule has 0 fully saturated rings. The van der Waals surface area contributed by atoms with Gasteiger partial charge in [-0.1, -0.05) is 81.6 Å². The number of hydrogen-bond donors (Lipinski definition) is 1. The van der Waals surface area contributed by atoms with Crippen molar-refractivity contribution in [2.45, 2.75) is 48.1 Å². The maximum absolute atomic E-state index is 13.5. The third-order valence-electron chi connectivity index (χ3n) is 5.61. The normalized spacial score (nSPS) is 11.8.